The Bertz CT molecular complexity index is 1270. The molecular weight excluding hydrogens is 544 g/mol. The molecule has 39 heavy (non-hydrogen) atoms. The van der Waals surface area contributed by atoms with E-state index in [0.717, 1.165) is 0 Å². The Morgan fingerprint density at radius 1 is 1.08 bits per heavy atom. The Kier molecular flexibility index (Phi) is 8.20. The highest BCUT2D eigenvalue weighted by atomic mass is 35.5. The molecular formula is C22H27ClN6O10. The molecule has 1 amide bonds. The van der Waals surface area contributed by atoms with Crippen LogP contribution >= 0.6 is 11.6 Å². The number of alkyl halides is 1. The zero-order valence-corrected chi connectivity index (χ0v) is 22.3. The van der Waals surface area contributed by atoms with Crippen LogP contribution in [0, 0.1) is 0 Å². The van der Waals surface area contributed by atoms with E-state index in [1.54, 1.807) is 0 Å². The highest BCUT2D eigenvalue weighted by Crippen LogP contribution is 2.37. The maximum atomic E-state index is 12.5. The quantitative estimate of drug-likeness (QED) is 0.171. The van der Waals surface area contributed by atoms with Crippen LogP contribution in [-0.2, 0) is 47.6 Å². The molecule has 212 valence electrons. The molecule has 4 heterocycles. The Hall–Kier alpha value is -3.60. The molecule has 0 spiro atoms. The van der Waals surface area contributed by atoms with Crippen LogP contribution in [0.25, 0.3) is 11.2 Å². The second-order valence-corrected chi connectivity index (χ2v) is 9.11. The van der Waals surface area contributed by atoms with Crippen molar-refractivity contribution in [2.75, 3.05) is 26.1 Å². The topological polar surface area (TPSA) is 191 Å². The van der Waals surface area contributed by atoms with Gasteiger partial charge in [0.1, 0.15) is 30.6 Å². The Morgan fingerprint density at radius 3 is 2.33 bits per heavy atom. The molecule has 2 fully saturated rings. The molecule has 0 bridgehead atoms. The summed E-state index contributed by atoms with van der Waals surface area (Å²) < 4.78 is 33.9. The summed E-state index contributed by atoms with van der Waals surface area (Å²) in [7, 11) is 2.59. The molecule has 2 aromatic rings. The number of rotatable bonds is 9. The first-order valence-electron chi connectivity index (χ1n) is 11.6. The standard InChI is InChI=1S/C22H27ClN6O10/c1-9(30)36-6-12-14(37-10(2)31)15(38-11(3)32)20(39-12)29-8-26-13-17(24-7-25-19(13)29)27-18-16(23)22(34-4,35-5)21(33)28-18/h7-8,12,14-16,18,20H,6H2,1-5H3,(H,28,33)(H,24,25,27)/t12-,14-,15-,16?,18?,20-/m1/s1. The van der Waals surface area contributed by atoms with Crippen LogP contribution in [0.3, 0.4) is 0 Å². The SMILES string of the molecule is COC1(OC)C(=O)NC(Nc2ncnc3c2ncn3[C@@H]2O[C@H](COC(C)=O)[C@@H](OC(C)=O)[C@H]2OC(C)=O)C1Cl. The normalized spacial score (nSPS) is 27.7. The Labute approximate surface area is 226 Å². The first kappa shape index (κ1) is 28.4. The number of carbonyl (C=O) groups excluding carboxylic acids is 4. The molecule has 16 nitrogen and oxygen atoms in total. The minimum atomic E-state index is -1.72. The molecule has 2 aliphatic rings. The lowest BCUT2D eigenvalue weighted by Crippen LogP contribution is -2.48. The zero-order chi connectivity index (χ0) is 28.5. The fourth-order valence-corrected chi connectivity index (χ4v) is 4.87. The van der Waals surface area contributed by atoms with Crippen molar-refractivity contribution in [1.82, 2.24) is 24.8 Å². The summed E-state index contributed by atoms with van der Waals surface area (Å²) >= 11 is 6.49. The fraction of sp³-hybridized carbons (Fsp3) is 0.591. The van der Waals surface area contributed by atoms with Crippen molar-refractivity contribution in [1.29, 1.82) is 0 Å². The highest BCUT2D eigenvalue weighted by Gasteiger charge is 2.57. The van der Waals surface area contributed by atoms with Crippen LogP contribution in [0.4, 0.5) is 5.82 Å². The van der Waals surface area contributed by atoms with E-state index in [1.807, 2.05) is 0 Å². The molecule has 2 N–H and O–H groups in total. The van der Waals surface area contributed by atoms with Crippen molar-refractivity contribution in [2.45, 2.75) is 62.6 Å². The van der Waals surface area contributed by atoms with Crippen LogP contribution in [0.1, 0.15) is 27.0 Å². The Balaban J connectivity index is 1.67. The van der Waals surface area contributed by atoms with Crippen molar-refractivity contribution in [3.8, 4) is 0 Å². The first-order chi connectivity index (χ1) is 18.5. The van der Waals surface area contributed by atoms with Gasteiger partial charge in [-0.1, -0.05) is 0 Å². The number of nitrogens with zero attached hydrogens (tertiary/aromatic N) is 4. The van der Waals surface area contributed by atoms with E-state index in [1.165, 1.54) is 52.2 Å². The van der Waals surface area contributed by atoms with Crippen molar-refractivity contribution in [2.24, 2.45) is 0 Å². The lowest BCUT2D eigenvalue weighted by atomic mass is 10.1. The van der Waals surface area contributed by atoms with Crippen LogP contribution in [-0.4, -0.2) is 99.8 Å². The highest BCUT2D eigenvalue weighted by molar-refractivity contribution is 6.25. The van der Waals surface area contributed by atoms with Gasteiger partial charge in [-0.15, -0.1) is 11.6 Å². The number of aromatic nitrogens is 4. The molecule has 2 unspecified atom stereocenters. The molecule has 0 aliphatic carbocycles. The van der Waals surface area contributed by atoms with Crippen molar-refractivity contribution < 1.29 is 47.6 Å². The molecule has 0 radical (unpaired) electrons. The largest absolute Gasteiger partial charge is 0.463 e. The van der Waals surface area contributed by atoms with Crippen LogP contribution in [0.15, 0.2) is 12.7 Å². The molecule has 4 rings (SSSR count). The van der Waals surface area contributed by atoms with Crippen LogP contribution in [0.2, 0.25) is 0 Å². The average Bonchev–Trinajstić information content (AvgIpc) is 3.51. The molecule has 2 aromatic heterocycles. The number of anilines is 1. The van der Waals surface area contributed by atoms with E-state index in [-0.39, 0.29) is 23.6 Å². The van der Waals surface area contributed by atoms with Crippen molar-refractivity contribution in [3.63, 3.8) is 0 Å². The number of hydrogen-bond acceptors (Lipinski definition) is 14. The fourth-order valence-electron chi connectivity index (χ4n) is 4.47. The molecule has 6 atom stereocenters. The van der Waals surface area contributed by atoms with Gasteiger partial charge in [0.2, 0.25) is 0 Å². The average molecular weight is 571 g/mol. The Morgan fingerprint density at radius 2 is 1.74 bits per heavy atom. The van der Waals surface area contributed by atoms with Gasteiger partial charge in [0.05, 0.1) is 6.33 Å². The number of imidazole rings is 1. The van der Waals surface area contributed by atoms with E-state index in [4.69, 9.17) is 40.0 Å². The molecule has 2 saturated heterocycles. The predicted octanol–water partition coefficient (Wildman–Crippen LogP) is -0.385. The summed E-state index contributed by atoms with van der Waals surface area (Å²) in [5, 5.41) is 4.67. The van der Waals surface area contributed by atoms with Gasteiger partial charge in [0.25, 0.3) is 11.7 Å². The maximum Gasteiger partial charge on any atom is 0.303 e. The monoisotopic (exact) mass is 570 g/mol. The van der Waals surface area contributed by atoms with Gasteiger partial charge in [-0.25, -0.2) is 15.0 Å². The van der Waals surface area contributed by atoms with Crippen LogP contribution < -0.4 is 10.6 Å². The number of esters is 3. The number of fused-ring (bicyclic) bond motifs is 1. The van der Waals surface area contributed by atoms with Gasteiger partial charge in [-0.05, 0) is 0 Å². The maximum absolute atomic E-state index is 12.5. The van der Waals surface area contributed by atoms with Gasteiger partial charge in [0, 0.05) is 35.0 Å². The molecule has 0 aromatic carbocycles. The predicted molar refractivity (Wildman–Crippen MR) is 129 cm³/mol. The number of halogens is 1. The minimum Gasteiger partial charge on any atom is -0.463 e. The van der Waals surface area contributed by atoms with Crippen molar-refractivity contribution >= 4 is 52.4 Å². The first-order valence-corrected chi connectivity index (χ1v) is 12.1. The van der Waals surface area contributed by atoms with E-state index in [2.05, 4.69) is 25.6 Å². The van der Waals surface area contributed by atoms with E-state index in [9.17, 15) is 19.2 Å². The summed E-state index contributed by atoms with van der Waals surface area (Å²) in [6.07, 6.45) is -2.54. The minimum absolute atomic E-state index is 0.202. The van der Waals surface area contributed by atoms with Gasteiger partial charge in [-0.2, -0.15) is 0 Å². The number of methoxy groups -OCH3 is 2. The molecule has 0 saturated carbocycles. The zero-order valence-electron chi connectivity index (χ0n) is 21.6. The smallest absolute Gasteiger partial charge is 0.303 e. The van der Waals surface area contributed by atoms with Gasteiger partial charge >= 0.3 is 17.9 Å². The van der Waals surface area contributed by atoms with Gasteiger partial charge in [-0.3, -0.25) is 23.7 Å². The van der Waals surface area contributed by atoms with E-state index >= 15 is 0 Å². The number of nitrogens with one attached hydrogen (secondary N) is 2. The summed E-state index contributed by atoms with van der Waals surface area (Å²) in [6, 6.07) is 0. The van der Waals surface area contributed by atoms with Crippen molar-refractivity contribution in [3.05, 3.63) is 12.7 Å². The summed E-state index contributed by atoms with van der Waals surface area (Å²) in [5.74, 6) is -4.00. The van der Waals surface area contributed by atoms with E-state index < -0.39 is 65.7 Å². The summed E-state index contributed by atoms with van der Waals surface area (Å²) in [6.45, 7) is 3.32. The number of carbonyl (C=O) groups is 4. The molecule has 17 heteroatoms. The number of hydrogen-bond donors (Lipinski definition) is 2. The lowest BCUT2D eigenvalue weighted by molar-refractivity contribution is -0.199. The second kappa shape index (κ2) is 11.3. The third-order valence-corrected chi connectivity index (χ3v) is 6.67. The lowest BCUT2D eigenvalue weighted by Gasteiger charge is -2.27. The number of amides is 1. The third kappa shape index (κ3) is 5.32. The third-order valence-electron chi connectivity index (χ3n) is 6.13. The summed E-state index contributed by atoms with van der Waals surface area (Å²) in [5.41, 5.74) is 0.491. The van der Waals surface area contributed by atoms with E-state index in [0.29, 0.717) is 0 Å². The van der Waals surface area contributed by atoms with Crippen LogP contribution in [0.5, 0.6) is 0 Å². The van der Waals surface area contributed by atoms with Gasteiger partial charge in [0.15, 0.2) is 35.4 Å². The molecule has 2 aliphatic heterocycles. The summed E-state index contributed by atoms with van der Waals surface area (Å²) in [4.78, 5) is 60.6. The number of ether oxygens (including phenoxy) is 6. The van der Waals surface area contributed by atoms with Gasteiger partial charge < -0.3 is 39.1 Å². The second-order valence-electron chi connectivity index (χ2n) is 8.64.